The Balaban J connectivity index is 2.17. The smallest absolute Gasteiger partial charge is 0.410 e. The van der Waals surface area contributed by atoms with Gasteiger partial charge in [0.2, 0.25) is 0 Å². The highest BCUT2D eigenvalue weighted by Gasteiger charge is 2.42. The number of nitrogens with zero attached hydrogens (tertiary/aromatic N) is 2. The number of hydrogen-bond donors (Lipinski definition) is 0. The normalized spacial score (nSPS) is 18.1. The Labute approximate surface area is 166 Å². The number of nitriles is 1. The van der Waals surface area contributed by atoms with E-state index in [9.17, 15) is 10.1 Å². The standard InChI is InChI=1S/C20H26Cl2N2O2/c1-5-20(13-23,15-6-7-16(21)17(22)12-15)14-8-10-24(11-9-14)18(25)26-19(2,3)4/h6-7,12,14H,5,8-11H2,1-4H3. The van der Waals surface area contributed by atoms with Crippen LogP contribution < -0.4 is 0 Å². The molecule has 0 aromatic heterocycles. The molecule has 0 radical (unpaired) electrons. The first-order chi connectivity index (χ1) is 12.1. The summed E-state index contributed by atoms with van der Waals surface area (Å²) in [5, 5.41) is 11.0. The van der Waals surface area contributed by atoms with Crippen LogP contribution in [0.2, 0.25) is 10.0 Å². The SMILES string of the molecule is CCC(C#N)(c1ccc(Cl)c(Cl)c1)C1CCN(C(=O)OC(C)(C)C)CC1. The lowest BCUT2D eigenvalue weighted by Gasteiger charge is -2.41. The van der Waals surface area contributed by atoms with E-state index in [2.05, 4.69) is 6.07 Å². The molecule has 1 aliphatic rings. The van der Waals surface area contributed by atoms with Gasteiger partial charge in [0.15, 0.2) is 0 Å². The molecule has 2 rings (SSSR count). The molecule has 1 saturated heterocycles. The first-order valence-electron chi connectivity index (χ1n) is 8.97. The summed E-state index contributed by atoms with van der Waals surface area (Å²) in [5.41, 5.74) is -0.241. The Bertz CT molecular complexity index is 701. The molecule has 1 aliphatic heterocycles. The molecule has 0 spiro atoms. The number of carbonyl (C=O) groups is 1. The zero-order valence-corrected chi connectivity index (χ0v) is 17.3. The average Bonchev–Trinajstić information content (AvgIpc) is 2.58. The molecule has 1 aromatic carbocycles. The number of benzene rings is 1. The maximum atomic E-state index is 12.3. The van der Waals surface area contributed by atoms with E-state index in [-0.39, 0.29) is 12.0 Å². The molecular weight excluding hydrogens is 371 g/mol. The van der Waals surface area contributed by atoms with Gasteiger partial charge in [-0.15, -0.1) is 0 Å². The molecule has 0 bridgehead atoms. The fourth-order valence-corrected chi connectivity index (χ4v) is 3.92. The number of amides is 1. The van der Waals surface area contributed by atoms with E-state index in [1.165, 1.54) is 0 Å². The summed E-state index contributed by atoms with van der Waals surface area (Å²) < 4.78 is 5.45. The van der Waals surface area contributed by atoms with Gasteiger partial charge in [0.25, 0.3) is 0 Å². The second-order valence-electron chi connectivity index (χ2n) is 7.81. The van der Waals surface area contributed by atoms with Gasteiger partial charge in [-0.3, -0.25) is 0 Å². The van der Waals surface area contributed by atoms with Crippen molar-refractivity contribution in [3.63, 3.8) is 0 Å². The van der Waals surface area contributed by atoms with Crippen molar-refractivity contribution in [2.75, 3.05) is 13.1 Å². The predicted octanol–water partition coefficient (Wildman–Crippen LogP) is 5.81. The van der Waals surface area contributed by atoms with Crippen molar-refractivity contribution in [2.24, 2.45) is 5.92 Å². The van der Waals surface area contributed by atoms with Gasteiger partial charge in [-0.05, 0) is 63.6 Å². The maximum Gasteiger partial charge on any atom is 0.410 e. The fourth-order valence-electron chi connectivity index (χ4n) is 3.62. The summed E-state index contributed by atoms with van der Waals surface area (Å²) in [7, 11) is 0. The summed E-state index contributed by atoms with van der Waals surface area (Å²) in [4.78, 5) is 14.0. The largest absolute Gasteiger partial charge is 0.444 e. The molecule has 142 valence electrons. The van der Waals surface area contributed by atoms with Gasteiger partial charge in [-0.1, -0.05) is 36.2 Å². The third kappa shape index (κ3) is 4.45. The number of rotatable bonds is 3. The minimum Gasteiger partial charge on any atom is -0.444 e. The van der Waals surface area contributed by atoms with Crippen molar-refractivity contribution >= 4 is 29.3 Å². The van der Waals surface area contributed by atoms with Crippen LogP contribution in [-0.2, 0) is 10.2 Å². The molecule has 1 unspecified atom stereocenters. The lowest BCUT2D eigenvalue weighted by molar-refractivity contribution is 0.0158. The molecule has 4 nitrogen and oxygen atoms in total. The highest BCUT2D eigenvalue weighted by Crippen LogP contribution is 2.42. The van der Waals surface area contributed by atoms with Crippen molar-refractivity contribution < 1.29 is 9.53 Å². The van der Waals surface area contributed by atoms with Gasteiger partial charge in [-0.2, -0.15) is 5.26 Å². The van der Waals surface area contributed by atoms with Crippen molar-refractivity contribution in [3.05, 3.63) is 33.8 Å². The lowest BCUT2D eigenvalue weighted by Crippen LogP contribution is -2.46. The van der Waals surface area contributed by atoms with Gasteiger partial charge < -0.3 is 9.64 Å². The molecule has 1 atom stereocenters. The van der Waals surface area contributed by atoms with Crippen LogP contribution in [0.15, 0.2) is 18.2 Å². The Morgan fingerprint density at radius 3 is 2.35 bits per heavy atom. The van der Waals surface area contributed by atoms with Crippen molar-refractivity contribution in [3.8, 4) is 6.07 Å². The minimum atomic E-state index is -0.631. The number of ether oxygens (including phenoxy) is 1. The number of likely N-dealkylation sites (tertiary alicyclic amines) is 1. The lowest BCUT2D eigenvalue weighted by atomic mass is 9.66. The van der Waals surface area contributed by atoms with Crippen LogP contribution in [0.1, 0.15) is 52.5 Å². The monoisotopic (exact) mass is 396 g/mol. The zero-order chi connectivity index (χ0) is 19.5. The van der Waals surface area contributed by atoms with E-state index in [4.69, 9.17) is 27.9 Å². The molecule has 1 amide bonds. The molecule has 1 aromatic rings. The van der Waals surface area contributed by atoms with Crippen molar-refractivity contribution in [1.82, 2.24) is 4.90 Å². The summed E-state index contributed by atoms with van der Waals surface area (Å²) in [6, 6.07) is 7.98. The van der Waals surface area contributed by atoms with Crippen molar-refractivity contribution in [2.45, 2.75) is 58.0 Å². The Morgan fingerprint density at radius 2 is 1.88 bits per heavy atom. The summed E-state index contributed by atoms with van der Waals surface area (Å²) >= 11 is 12.2. The molecule has 1 heterocycles. The van der Waals surface area contributed by atoms with E-state index in [0.29, 0.717) is 29.6 Å². The van der Waals surface area contributed by atoms with E-state index in [0.717, 1.165) is 18.4 Å². The van der Waals surface area contributed by atoms with E-state index < -0.39 is 11.0 Å². The third-order valence-corrected chi connectivity index (χ3v) is 5.77. The maximum absolute atomic E-state index is 12.3. The molecule has 0 saturated carbocycles. The van der Waals surface area contributed by atoms with Crippen LogP contribution in [0.4, 0.5) is 4.79 Å². The molecular formula is C20H26Cl2N2O2. The number of halogens is 2. The summed E-state index contributed by atoms with van der Waals surface area (Å²) in [6.45, 7) is 8.78. The molecule has 0 aliphatic carbocycles. The van der Waals surface area contributed by atoms with Crippen LogP contribution in [0.3, 0.4) is 0 Å². The second kappa shape index (κ2) is 8.06. The predicted molar refractivity (Wildman–Crippen MR) is 105 cm³/mol. The van der Waals surface area contributed by atoms with Crippen LogP contribution in [0.25, 0.3) is 0 Å². The highest BCUT2D eigenvalue weighted by molar-refractivity contribution is 6.42. The number of hydrogen-bond acceptors (Lipinski definition) is 3. The van der Waals surface area contributed by atoms with Crippen LogP contribution in [0, 0.1) is 17.2 Å². The second-order valence-corrected chi connectivity index (χ2v) is 8.62. The van der Waals surface area contributed by atoms with Gasteiger partial charge in [0, 0.05) is 13.1 Å². The molecule has 0 N–H and O–H groups in total. The van der Waals surface area contributed by atoms with Gasteiger partial charge >= 0.3 is 6.09 Å². The van der Waals surface area contributed by atoms with E-state index in [1.54, 1.807) is 17.0 Å². The van der Waals surface area contributed by atoms with Gasteiger partial charge in [0.1, 0.15) is 5.60 Å². The molecule has 1 fully saturated rings. The van der Waals surface area contributed by atoms with Crippen LogP contribution in [0.5, 0.6) is 0 Å². The quantitative estimate of drug-likeness (QED) is 0.647. The average molecular weight is 397 g/mol. The Kier molecular flexibility index (Phi) is 6.47. The fraction of sp³-hybridized carbons (Fsp3) is 0.600. The molecule has 26 heavy (non-hydrogen) atoms. The van der Waals surface area contributed by atoms with Crippen LogP contribution in [-0.4, -0.2) is 29.7 Å². The van der Waals surface area contributed by atoms with Gasteiger partial charge in [-0.25, -0.2) is 4.79 Å². The highest BCUT2D eigenvalue weighted by atomic mass is 35.5. The van der Waals surface area contributed by atoms with Crippen molar-refractivity contribution in [1.29, 1.82) is 5.26 Å². The van der Waals surface area contributed by atoms with Gasteiger partial charge in [0.05, 0.1) is 21.5 Å². The summed E-state index contributed by atoms with van der Waals surface area (Å²) in [6.07, 6.45) is 1.89. The van der Waals surface area contributed by atoms with E-state index >= 15 is 0 Å². The summed E-state index contributed by atoms with van der Waals surface area (Å²) in [5.74, 6) is 0.147. The zero-order valence-electron chi connectivity index (χ0n) is 15.8. The number of piperidine rings is 1. The number of carbonyl (C=O) groups excluding carboxylic acids is 1. The topological polar surface area (TPSA) is 53.3 Å². The van der Waals surface area contributed by atoms with E-state index in [1.807, 2.05) is 33.8 Å². The third-order valence-electron chi connectivity index (χ3n) is 5.04. The Morgan fingerprint density at radius 1 is 1.27 bits per heavy atom. The Hall–Kier alpha value is -1.44. The first kappa shape index (κ1) is 20.9. The minimum absolute atomic E-state index is 0.147. The molecule has 6 heteroatoms. The van der Waals surface area contributed by atoms with Crippen LogP contribution >= 0.6 is 23.2 Å². The first-order valence-corrected chi connectivity index (χ1v) is 9.73.